The molecule has 1 saturated carbocycles. The number of aliphatic carboxylic acids is 1. The van der Waals surface area contributed by atoms with Crippen LogP contribution in [0.2, 0.25) is 0 Å². The lowest BCUT2D eigenvalue weighted by Gasteiger charge is -2.31. The van der Waals surface area contributed by atoms with Crippen LogP contribution >= 0.6 is 0 Å². The van der Waals surface area contributed by atoms with Crippen LogP contribution in [0.25, 0.3) is 11.0 Å². The maximum atomic E-state index is 12.6. The number of carboxylic acids is 1. The van der Waals surface area contributed by atoms with E-state index in [1.54, 1.807) is 26.3 Å². The molecule has 4 rings (SSSR count). The first kappa shape index (κ1) is 24.6. The monoisotopic (exact) mass is 478 g/mol. The van der Waals surface area contributed by atoms with Gasteiger partial charge in [0.05, 0.1) is 30.6 Å². The van der Waals surface area contributed by atoms with Crippen molar-refractivity contribution in [2.45, 2.75) is 44.6 Å². The minimum absolute atomic E-state index is 0.0403. The Hall–Kier alpha value is -3.55. The van der Waals surface area contributed by atoms with Gasteiger partial charge in [0.1, 0.15) is 11.6 Å². The van der Waals surface area contributed by atoms with Crippen molar-refractivity contribution in [3.63, 3.8) is 0 Å². The van der Waals surface area contributed by atoms with E-state index in [2.05, 4.69) is 16.9 Å². The zero-order valence-electron chi connectivity index (χ0n) is 20.7. The first-order valence-electron chi connectivity index (χ1n) is 12.2. The third kappa shape index (κ3) is 5.58. The number of aryl methyl sites for hydroxylation is 1. The number of hydrogen-bond acceptors (Lipinski definition) is 5. The van der Waals surface area contributed by atoms with E-state index in [-0.39, 0.29) is 24.9 Å². The minimum atomic E-state index is -0.918. The Morgan fingerprint density at radius 1 is 1.17 bits per heavy atom. The van der Waals surface area contributed by atoms with Gasteiger partial charge in [-0.15, -0.1) is 0 Å². The predicted octanol–water partition coefficient (Wildman–Crippen LogP) is 4.86. The number of nitrogens with one attached hydrogen (secondary N) is 1. The fraction of sp³-hybridized carbons (Fsp3) is 0.444. The fourth-order valence-corrected chi connectivity index (χ4v) is 4.93. The van der Waals surface area contributed by atoms with Gasteiger partial charge in [0.15, 0.2) is 0 Å². The molecule has 35 heavy (non-hydrogen) atoms. The summed E-state index contributed by atoms with van der Waals surface area (Å²) in [5.41, 5.74) is 3.44. The summed E-state index contributed by atoms with van der Waals surface area (Å²) in [6, 6.07) is 13.4. The first-order chi connectivity index (χ1) is 16.9. The minimum Gasteiger partial charge on any atom is -0.497 e. The SMILES string of the molecule is COc1ccc2nc(C(Nc3ccc(C(=O)N(C)CCC(=O)O)cc3)C3CCCCC3)n(C)c2c1. The average molecular weight is 479 g/mol. The Kier molecular flexibility index (Phi) is 7.58. The molecule has 1 aromatic heterocycles. The number of carboxylic acid groups (broad SMARTS) is 1. The third-order valence-corrected chi connectivity index (χ3v) is 6.98. The summed E-state index contributed by atoms with van der Waals surface area (Å²) in [5, 5.41) is 12.6. The van der Waals surface area contributed by atoms with E-state index in [1.165, 1.54) is 24.2 Å². The Balaban J connectivity index is 1.58. The van der Waals surface area contributed by atoms with Crippen LogP contribution < -0.4 is 10.1 Å². The van der Waals surface area contributed by atoms with Crippen LogP contribution in [-0.4, -0.2) is 52.1 Å². The van der Waals surface area contributed by atoms with Crippen LogP contribution in [0, 0.1) is 5.92 Å². The molecular formula is C27H34N4O4. The Labute approximate surface area is 205 Å². The standard InChI is InChI=1S/C27H34N4O4/c1-30(16-15-24(32)33)27(34)19-9-11-20(12-10-19)28-25(18-7-5-4-6-8-18)26-29-22-14-13-21(35-3)17-23(22)31(26)2/h9-14,17-18,25,28H,4-8,15-16H2,1-3H3,(H,32,33). The summed E-state index contributed by atoms with van der Waals surface area (Å²) in [5.74, 6) is 1.16. The summed E-state index contributed by atoms with van der Waals surface area (Å²) < 4.78 is 7.57. The van der Waals surface area contributed by atoms with Crippen molar-refractivity contribution in [2.75, 3.05) is 26.0 Å². The molecule has 0 radical (unpaired) electrons. The first-order valence-corrected chi connectivity index (χ1v) is 12.2. The molecule has 3 aromatic rings. The Morgan fingerprint density at radius 2 is 1.89 bits per heavy atom. The molecule has 8 nitrogen and oxygen atoms in total. The van der Waals surface area contributed by atoms with Gasteiger partial charge < -0.3 is 24.6 Å². The smallest absolute Gasteiger partial charge is 0.305 e. The van der Waals surface area contributed by atoms with Crippen LogP contribution in [0.4, 0.5) is 5.69 Å². The van der Waals surface area contributed by atoms with Crippen molar-refractivity contribution >= 4 is 28.6 Å². The molecule has 1 aliphatic carbocycles. The van der Waals surface area contributed by atoms with Gasteiger partial charge >= 0.3 is 5.97 Å². The fourth-order valence-electron chi connectivity index (χ4n) is 4.93. The maximum Gasteiger partial charge on any atom is 0.305 e. The molecule has 0 spiro atoms. The van der Waals surface area contributed by atoms with Gasteiger partial charge in [0.2, 0.25) is 0 Å². The normalized spacial score (nSPS) is 15.1. The lowest BCUT2D eigenvalue weighted by molar-refractivity contribution is -0.137. The van der Waals surface area contributed by atoms with E-state index >= 15 is 0 Å². The van der Waals surface area contributed by atoms with E-state index in [9.17, 15) is 9.59 Å². The second kappa shape index (κ2) is 10.8. The van der Waals surface area contributed by atoms with Crippen LogP contribution in [0.3, 0.4) is 0 Å². The highest BCUT2D eigenvalue weighted by atomic mass is 16.5. The number of methoxy groups -OCH3 is 1. The average Bonchev–Trinajstić information content (AvgIpc) is 3.21. The van der Waals surface area contributed by atoms with Gasteiger partial charge in [0, 0.05) is 38.0 Å². The lowest BCUT2D eigenvalue weighted by Crippen LogP contribution is -2.29. The number of imidazole rings is 1. The molecular weight excluding hydrogens is 444 g/mol. The van der Waals surface area contributed by atoms with Crippen molar-refractivity contribution in [3.8, 4) is 5.75 Å². The van der Waals surface area contributed by atoms with E-state index in [0.29, 0.717) is 11.5 Å². The van der Waals surface area contributed by atoms with E-state index in [1.807, 2.05) is 30.3 Å². The molecule has 1 heterocycles. The number of carbonyl (C=O) groups is 2. The number of benzene rings is 2. The molecule has 8 heteroatoms. The zero-order chi connectivity index (χ0) is 24.9. The number of carbonyl (C=O) groups excluding carboxylic acids is 1. The molecule has 0 aliphatic heterocycles. The molecule has 2 aromatic carbocycles. The highest BCUT2D eigenvalue weighted by molar-refractivity contribution is 5.94. The number of nitrogens with zero attached hydrogens (tertiary/aromatic N) is 3. The number of amides is 1. The topological polar surface area (TPSA) is 96.7 Å². The highest BCUT2D eigenvalue weighted by Crippen LogP contribution is 2.37. The quantitative estimate of drug-likeness (QED) is 0.456. The molecule has 186 valence electrons. The summed E-state index contributed by atoms with van der Waals surface area (Å²) in [4.78, 5) is 29.9. The Bertz CT molecular complexity index is 1180. The molecule has 0 saturated heterocycles. The van der Waals surface area contributed by atoms with E-state index < -0.39 is 5.97 Å². The van der Waals surface area contributed by atoms with Crippen LogP contribution in [0.1, 0.15) is 60.7 Å². The van der Waals surface area contributed by atoms with Gasteiger partial charge in [-0.25, -0.2) is 4.98 Å². The van der Waals surface area contributed by atoms with Crippen LogP contribution in [0.5, 0.6) is 5.75 Å². The second-order valence-corrected chi connectivity index (χ2v) is 9.35. The van der Waals surface area contributed by atoms with Crippen molar-refractivity contribution in [2.24, 2.45) is 13.0 Å². The maximum absolute atomic E-state index is 12.6. The van der Waals surface area contributed by atoms with Crippen molar-refractivity contribution in [1.29, 1.82) is 0 Å². The molecule has 0 bridgehead atoms. The van der Waals surface area contributed by atoms with Gasteiger partial charge in [-0.2, -0.15) is 0 Å². The van der Waals surface area contributed by atoms with Gasteiger partial charge in [-0.05, 0) is 55.2 Å². The van der Waals surface area contributed by atoms with Crippen molar-refractivity contribution in [3.05, 3.63) is 53.9 Å². The number of anilines is 1. The molecule has 1 unspecified atom stereocenters. The highest BCUT2D eigenvalue weighted by Gasteiger charge is 2.29. The number of rotatable bonds is 9. The second-order valence-electron chi connectivity index (χ2n) is 9.35. The largest absolute Gasteiger partial charge is 0.497 e. The van der Waals surface area contributed by atoms with Gasteiger partial charge in [-0.3, -0.25) is 9.59 Å². The third-order valence-electron chi connectivity index (χ3n) is 6.98. The molecule has 1 amide bonds. The number of fused-ring (bicyclic) bond motifs is 1. The van der Waals surface area contributed by atoms with Crippen LogP contribution in [-0.2, 0) is 11.8 Å². The molecule has 1 atom stereocenters. The summed E-state index contributed by atoms with van der Waals surface area (Å²) in [6.07, 6.45) is 5.93. The molecule has 1 fully saturated rings. The summed E-state index contributed by atoms with van der Waals surface area (Å²) in [6.45, 7) is 0.176. The number of ether oxygens (including phenoxy) is 1. The predicted molar refractivity (Wildman–Crippen MR) is 136 cm³/mol. The zero-order valence-corrected chi connectivity index (χ0v) is 20.7. The van der Waals surface area contributed by atoms with E-state index in [4.69, 9.17) is 14.8 Å². The van der Waals surface area contributed by atoms with Gasteiger partial charge in [-0.1, -0.05) is 19.3 Å². The van der Waals surface area contributed by atoms with Gasteiger partial charge in [0.25, 0.3) is 5.91 Å². The van der Waals surface area contributed by atoms with Crippen LogP contribution in [0.15, 0.2) is 42.5 Å². The Morgan fingerprint density at radius 3 is 2.54 bits per heavy atom. The molecule has 2 N–H and O–H groups in total. The van der Waals surface area contributed by atoms with Crippen molar-refractivity contribution in [1.82, 2.24) is 14.5 Å². The van der Waals surface area contributed by atoms with Crippen molar-refractivity contribution < 1.29 is 19.4 Å². The number of hydrogen-bond donors (Lipinski definition) is 2. The van der Waals surface area contributed by atoms with E-state index in [0.717, 1.165) is 41.1 Å². The summed E-state index contributed by atoms with van der Waals surface area (Å²) >= 11 is 0. The summed E-state index contributed by atoms with van der Waals surface area (Å²) in [7, 11) is 5.34. The molecule has 1 aliphatic rings. The number of aromatic nitrogens is 2. The lowest BCUT2D eigenvalue weighted by atomic mass is 9.83.